The lowest BCUT2D eigenvalue weighted by molar-refractivity contribution is -0.119. The van der Waals surface area contributed by atoms with Crippen molar-refractivity contribution in [3.8, 4) is 0 Å². The monoisotopic (exact) mass is 183 g/mol. The van der Waals surface area contributed by atoms with Gasteiger partial charge in [0.1, 0.15) is 0 Å². The molecule has 1 atom stereocenters. The van der Waals surface area contributed by atoms with Crippen LogP contribution in [0.15, 0.2) is 0 Å². The molecule has 0 aliphatic carbocycles. The molecule has 76 valence electrons. The van der Waals surface area contributed by atoms with Crippen molar-refractivity contribution < 1.29 is 4.79 Å². The minimum absolute atomic E-state index is 0.0312. The first-order chi connectivity index (χ1) is 5.79. The average Bonchev–Trinajstić information content (AvgIpc) is 2.25. The van der Waals surface area contributed by atoms with Gasteiger partial charge < -0.3 is 5.32 Å². The number of carbonyl (C=O) groups excluding carboxylic acids is 1. The topological polar surface area (TPSA) is 29.1 Å². The molecule has 0 radical (unpaired) electrons. The number of amides is 1. The Balaban J connectivity index is 2.87. The Morgan fingerprint density at radius 3 is 2.38 bits per heavy atom. The van der Waals surface area contributed by atoms with E-state index >= 15 is 0 Å². The van der Waals surface area contributed by atoms with Crippen LogP contribution in [0.3, 0.4) is 0 Å². The van der Waals surface area contributed by atoms with Gasteiger partial charge >= 0.3 is 0 Å². The normalized spacial score (nSPS) is 27.5. The zero-order valence-corrected chi connectivity index (χ0v) is 9.40. The summed E-state index contributed by atoms with van der Waals surface area (Å²) in [6, 6.07) is 0. The minimum Gasteiger partial charge on any atom is -0.351 e. The Bertz CT molecular complexity index is 218. The first kappa shape index (κ1) is 10.6. The third-order valence-electron chi connectivity index (χ3n) is 3.58. The Kier molecular flexibility index (Phi) is 2.44. The van der Waals surface area contributed by atoms with E-state index in [9.17, 15) is 4.79 Å². The van der Waals surface area contributed by atoms with Crippen molar-refractivity contribution in [2.45, 2.75) is 53.0 Å². The standard InChI is InChI=1S/C11H21NO/c1-6-10(2,3)8-7-9(13)12-11(8,4)5/h8H,6-7H2,1-5H3,(H,12,13). The first-order valence-corrected chi connectivity index (χ1v) is 5.10. The van der Waals surface area contributed by atoms with Gasteiger partial charge in [-0.1, -0.05) is 27.2 Å². The van der Waals surface area contributed by atoms with E-state index < -0.39 is 0 Å². The number of hydrogen-bond donors (Lipinski definition) is 1. The molecule has 2 nitrogen and oxygen atoms in total. The molecular formula is C11H21NO. The number of carbonyl (C=O) groups is 1. The van der Waals surface area contributed by atoms with E-state index in [1.165, 1.54) is 0 Å². The summed E-state index contributed by atoms with van der Waals surface area (Å²) in [5.74, 6) is 0.661. The van der Waals surface area contributed by atoms with E-state index in [1.807, 2.05) is 0 Å². The maximum Gasteiger partial charge on any atom is 0.220 e. The summed E-state index contributed by atoms with van der Waals surface area (Å²) >= 11 is 0. The quantitative estimate of drug-likeness (QED) is 0.699. The first-order valence-electron chi connectivity index (χ1n) is 5.10. The molecule has 1 aliphatic rings. The van der Waals surface area contributed by atoms with E-state index in [0.29, 0.717) is 12.3 Å². The summed E-state index contributed by atoms with van der Waals surface area (Å²) in [5, 5.41) is 3.04. The van der Waals surface area contributed by atoms with E-state index in [0.717, 1.165) is 6.42 Å². The highest BCUT2D eigenvalue weighted by Gasteiger charge is 2.46. The summed E-state index contributed by atoms with van der Waals surface area (Å²) in [6.45, 7) is 10.9. The Morgan fingerprint density at radius 1 is 1.54 bits per heavy atom. The van der Waals surface area contributed by atoms with Crippen LogP contribution in [0.1, 0.15) is 47.5 Å². The second kappa shape index (κ2) is 3.00. The maximum absolute atomic E-state index is 11.3. The molecule has 1 heterocycles. The molecular weight excluding hydrogens is 162 g/mol. The van der Waals surface area contributed by atoms with Gasteiger partial charge in [0.05, 0.1) is 0 Å². The summed E-state index contributed by atoms with van der Waals surface area (Å²) < 4.78 is 0. The van der Waals surface area contributed by atoms with Gasteiger partial charge in [-0.3, -0.25) is 4.79 Å². The second-order valence-electron chi connectivity index (χ2n) is 5.37. The molecule has 0 aromatic carbocycles. The highest BCUT2D eigenvalue weighted by atomic mass is 16.2. The van der Waals surface area contributed by atoms with Crippen molar-refractivity contribution in [2.24, 2.45) is 11.3 Å². The zero-order valence-electron chi connectivity index (χ0n) is 9.40. The minimum atomic E-state index is -0.0312. The number of rotatable bonds is 2. The van der Waals surface area contributed by atoms with Gasteiger partial charge in [0.15, 0.2) is 0 Å². The van der Waals surface area contributed by atoms with Gasteiger partial charge in [0.2, 0.25) is 5.91 Å². The smallest absolute Gasteiger partial charge is 0.220 e. The Morgan fingerprint density at radius 2 is 2.08 bits per heavy atom. The largest absolute Gasteiger partial charge is 0.351 e. The SMILES string of the molecule is CCC(C)(C)C1CC(=O)NC1(C)C. The number of nitrogens with one attached hydrogen (secondary N) is 1. The highest BCUT2D eigenvalue weighted by Crippen LogP contribution is 2.42. The molecule has 2 heteroatoms. The van der Waals surface area contributed by atoms with Crippen molar-refractivity contribution in [1.82, 2.24) is 5.32 Å². The Labute approximate surface area is 81.1 Å². The third kappa shape index (κ3) is 1.87. The van der Waals surface area contributed by atoms with Crippen LogP contribution in [-0.4, -0.2) is 11.4 Å². The fourth-order valence-electron chi connectivity index (χ4n) is 2.44. The molecule has 0 spiro atoms. The van der Waals surface area contributed by atoms with Gasteiger partial charge in [-0.2, -0.15) is 0 Å². The molecule has 1 fully saturated rings. The summed E-state index contributed by atoms with van der Waals surface area (Å²) in [7, 11) is 0. The van der Waals surface area contributed by atoms with Gasteiger partial charge in [0.25, 0.3) is 0 Å². The van der Waals surface area contributed by atoms with Crippen LogP contribution in [0.25, 0.3) is 0 Å². The van der Waals surface area contributed by atoms with Gasteiger partial charge in [-0.25, -0.2) is 0 Å². The lowest BCUT2D eigenvalue weighted by Crippen LogP contribution is -2.44. The lowest BCUT2D eigenvalue weighted by atomic mass is 9.68. The van der Waals surface area contributed by atoms with Crippen LogP contribution in [-0.2, 0) is 4.79 Å². The van der Waals surface area contributed by atoms with E-state index in [-0.39, 0.29) is 16.9 Å². The molecule has 1 aliphatic heterocycles. The van der Waals surface area contributed by atoms with Crippen LogP contribution in [0.5, 0.6) is 0 Å². The molecule has 0 saturated carbocycles. The average molecular weight is 183 g/mol. The van der Waals surface area contributed by atoms with Crippen molar-refractivity contribution in [3.05, 3.63) is 0 Å². The van der Waals surface area contributed by atoms with Crippen molar-refractivity contribution >= 4 is 5.91 Å². The fourth-order valence-corrected chi connectivity index (χ4v) is 2.44. The molecule has 1 rings (SSSR count). The van der Waals surface area contributed by atoms with E-state index in [2.05, 4.69) is 39.9 Å². The fraction of sp³-hybridized carbons (Fsp3) is 0.909. The van der Waals surface area contributed by atoms with Crippen molar-refractivity contribution in [3.63, 3.8) is 0 Å². The Hall–Kier alpha value is -0.530. The third-order valence-corrected chi connectivity index (χ3v) is 3.58. The van der Waals surface area contributed by atoms with Crippen LogP contribution in [0, 0.1) is 11.3 Å². The molecule has 1 unspecified atom stereocenters. The van der Waals surface area contributed by atoms with Crippen LogP contribution < -0.4 is 5.32 Å². The predicted molar refractivity (Wildman–Crippen MR) is 54.4 cm³/mol. The molecule has 0 aromatic rings. The molecule has 1 saturated heterocycles. The van der Waals surface area contributed by atoms with Gasteiger partial charge in [-0.15, -0.1) is 0 Å². The summed E-state index contributed by atoms with van der Waals surface area (Å²) in [6.07, 6.45) is 1.81. The predicted octanol–water partition coefficient (Wildman–Crippen LogP) is 2.34. The number of hydrogen-bond acceptors (Lipinski definition) is 1. The lowest BCUT2D eigenvalue weighted by Gasteiger charge is -2.38. The van der Waals surface area contributed by atoms with E-state index in [1.54, 1.807) is 0 Å². The molecule has 0 bridgehead atoms. The summed E-state index contributed by atoms with van der Waals surface area (Å²) in [4.78, 5) is 11.3. The molecule has 13 heavy (non-hydrogen) atoms. The van der Waals surface area contributed by atoms with Gasteiger partial charge in [0, 0.05) is 12.0 Å². The zero-order chi connectivity index (χ0) is 10.3. The van der Waals surface area contributed by atoms with Crippen molar-refractivity contribution in [2.75, 3.05) is 0 Å². The molecule has 0 aromatic heterocycles. The summed E-state index contributed by atoms with van der Waals surface area (Å²) in [5.41, 5.74) is 0.221. The van der Waals surface area contributed by atoms with E-state index in [4.69, 9.17) is 0 Å². The van der Waals surface area contributed by atoms with Crippen LogP contribution in [0.2, 0.25) is 0 Å². The second-order valence-corrected chi connectivity index (χ2v) is 5.37. The van der Waals surface area contributed by atoms with Crippen molar-refractivity contribution in [1.29, 1.82) is 0 Å². The molecule has 1 amide bonds. The van der Waals surface area contributed by atoms with Crippen LogP contribution >= 0.6 is 0 Å². The van der Waals surface area contributed by atoms with Crippen LogP contribution in [0.4, 0.5) is 0 Å². The highest BCUT2D eigenvalue weighted by molar-refractivity contribution is 5.80. The van der Waals surface area contributed by atoms with Gasteiger partial charge in [-0.05, 0) is 25.2 Å². The molecule has 1 N–H and O–H groups in total. The maximum atomic E-state index is 11.3.